The summed E-state index contributed by atoms with van der Waals surface area (Å²) in [5.41, 5.74) is 0. The fourth-order valence-electron chi connectivity index (χ4n) is 8.53. The second-order valence-corrected chi connectivity index (χ2v) is 22.8. The Morgan fingerprint density at radius 1 is 0.451 bits per heavy atom. The first-order chi connectivity index (χ1) is 34.5. The molecule has 71 heavy (non-hydrogen) atoms. The molecule has 0 aromatic heterocycles. The van der Waals surface area contributed by atoms with Gasteiger partial charge in [0, 0.05) is 12.8 Å². The van der Waals surface area contributed by atoms with Gasteiger partial charge in [0.15, 0.2) is 6.10 Å². The lowest BCUT2D eigenvalue weighted by atomic mass is 10.0. The number of quaternary nitrogens is 1. The highest BCUT2D eigenvalue weighted by molar-refractivity contribution is 7.45. The van der Waals surface area contributed by atoms with Gasteiger partial charge >= 0.3 is 11.9 Å². The number of rotatable bonds is 55. The van der Waals surface area contributed by atoms with Crippen LogP contribution >= 0.6 is 7.82 Å². The Bertz CT molecular complexity index is 1340. The van der Waals surface area contributed by atoms with E-state index in [4.69, 9.17) is 18.5 Å². The first-order valence-electron chi connectivity index (χ1n) is 29.8. The molecule has 0 aliphatic carbocycles. The number of carbonyl (C=O) groups excluding carboxylic acids is 2. The van der Waals surface area contributed by atoms with Crippen LogP contribution in [-0.2, 0) is 32.7 Å². The van der Waals surface area contributed by atoms with E-state index in [1.807, 2.05) is 21.1 Å². The van der Waals surface area contributed by atoms with Crippen molar-refractivity contribution < 1.29 is 42.1 Å². The Morgan fingerprint density at radius 3 is 1.20 bits per heavy atom. The molecule has 2 unspecified atom stereocenters. The highest BCUT2D eigenvalue weighted by Crippen LogP contribution is 2.38. The summed E-state index contributed by atoms with van der Waals surface area (Å²) in [5, 5.41) is 0. The number of phosphoric acid groups is 1. The number of unbranched alkanes of at least 4 members (excludes halogenated alkanes) is 33. The van der Waals surface area contributed by atoms with Gasteiger partial charge in [0.2, 0.25) is 0 Å². The van der Waals surface area contributed by atoms with E-state index in [1.165, 1.54) is 180 Å². The van der Waals surface area contributed by atoms with E-state index in [0.29, 0.717) is 17.4 Å². The fourth-order valence-corrected chi connectivity index (χ4v) is 9.26. The summed E-state index contributed by atoms with van der Waals surface area (Å²) in [6.45, 7) is 4.17. The molecule has 416 valence electrons. The second kappa shape index (κ2) is 52.8. The van der Waals surface area contributed by atoms with Crippen molar-refractivity contribution in [1.82, 2.24) is 0 Å². The first kappa shape index (κ1) is 69.0. The Morgan fingerprint density at radius 2 is 0.803 bits per heavy atom. The minimum atomic E-state index is -4.63. The van der Waals surface area contributed by atoms with Gasteiger partial charge in [-0.15, -0.1) is 0 Å². The number of allylic oxidation sites excluding steroid dienone is 8. The molecule has 0 rings (SSSR count). The molecule has 0 aromatic rings. The highest BCUT2D eigenvalue weighted by Gasteiger charge is 2.22. The molecule has 0 N–H and O–H groups in total. The lowest BCUT2D eigenvalue weighted by Crippen LogP contribution is -2.37. The Kier molecular flexibility index (Phi) is 51.3. The third-order valence-corrected chi connectivity index (χ3v) is 14.1. The van der Waals surface area contributed by atoms with Crippen molar-refractivity contribution in [2.24, 2.45) is 0 Å². The van der Waals surface area contributed by atoms with Gasteiger partial charge in [-0.25, -0.2) is 0 Å². The number of esters is 2. The minimum Gasteiger partial charge on any atom is -0.756 e. The molecule has 0 spiro atoms. The smallest absolute Gasteiger partial charge is 0.306 e. The van der Waals surface area contributed by atoms with E-state index in [0.717, 1.165) is 64.2 Å². The van der Waals surface area contributed by atoms with Crippen LogP contribution in [0.1, 0.15) is 277 Å². The average Bonchev–Trinajstić information content (AvgIpc) is 3.33. The predicted octanol–water partition coefficient (Wildman–Crippen LogP) is 17.9. The number of ether oxygens (including phenoxy) is 2. The predicted molar refractivity (Wildman–Crippen MR) is 300 cm³/mol. The van der Waals surface area contributed by atoms with Gasteiger partial charge in [-0.05, 0) is 51.4 Å². The Hall–Kier alpha value is -2.03. The van der Waals surface area contributed by atoms with Gasteiger partial charge in [0.25, 0.3) is 7.82 Å². The summed E-state index contributed by atoms with van der Waals surface area (Å²) in [5.74, 6) is -0.819. The molecule has 0 aromatic carbocycles. The van der Waals surface area contributed by atoms with E-state index in [2.05, 4.69) is 62.5 Å². The molecule has 0 heterocycles. The zero-order valence-electron chi connectivity index (χ0n) is 47.2. The molecule has 0 fully saturated rings. The fraction of sp³-hybridized carbons (Fsp3) is 0.836. The van der Waals surface area contributed by atoms with Crippen LogP contribution in [0.2, 0.25) is 0 Å². The quantitative estimate of drug-likeness (QED) is 0.0195. The van der Waals surface area contributed by atoms with Crippen LogP contribution < -0.4 is 4.89 Å². The van der Waals surface area contributed by atoms with Gasteiger partial charge in [-0.1, -0.05) is 262 Å². The van der Waals surface area contributed by atoms with Crippen molar-refractivity contribution in [1.29, 1.82) is 0 Å². The van der Waals surface area contributed by atoms with Gasteiger partial charge in [-0.3, -0.25) is 14.2 Å². The third kappa shape index (κ3) is 57.1. The van der Waals surface area contributed by atoms with Crippen LogP contribution in [0.4, 0.5) is 0 Å². The molecule has 0 saturated heterocycles. The molecule has 0 aliphatic rings. The van der Waals surface area contributed by atoms with Gasteiger partial charge in [0.1, 0.15) is 19.8 Å². The highest BCUT2D eigenvalue weighted by atomic mass is 31.2. The zero-order valence-corrected chi connectivity index (χ0v) is 48.1. The lowest BCUT2D eigenvalue weighted by Gasteiger charge is -2.28. The van der Waals surface area contributed by atoms with Crippen LogP contribution in [0.25, 0.3) is 0 Å². The molecular formula is C61H114NO8P. The summed E-state index contributed by atoms with van der Waals surface area (Å²) in [7, 11) is 1.18. The molecule has 9 nitrogen and oxygen atoms in total. The molecule has 0 saturated carbocycles. The number of likely N-dealkylation sites (N-methyl/N-ethyl adjacent to an activating group) is 1. The van der Waals surface area contributed by atoms with E-state index < -0.39 is 26.5 Å². The third-order valence-electron chi connectivity index (χ3n) is 13.1. The molecule has 0 amide bonds. The Labute approximate surface area is 439 Å². The van der Waals surface area contributed by atoms with Crippen LogP contribution in [0, 0.1) is 0 Å². The van der Waals surface area contributed by atoms with Crippen molar-refractivity contribution >= 4 is 19.8 Å². The number of hydrogen-bond acceptors (Lipinski definition) is 8. The number of carbonyl (C=O) groups is 2. The maximum Gasteiger partial charge on any atom is 0.306 e. The minimum absolute atomic E-state index is 0.0291. The van der Waals surface area contributed by atoms with Crippen molar-refractivity contribution in [2.45, 2.75) is 283 Å². The van der Waals surface area contributed by atoms with Gasteiger partial charge < -0.3 is 27.9 Å². The maximum atomic E-state index is 12.8. The van der Waals surface area contributed by atoms with E-state index in [1.54, 1.807) is 0 Å². The summed E-state index contributed by atoms with van der Waals surface area (Å²) in [4.78, 5) is 37.9. The summed E-state index contributed by atoms with van der Waals surface area (Å²) in [6.07, 6.45) is 65.9. The number of hydrogen-bond donors (Lipinski definition) is 0. The van der Waals surface area contributed by atoms with Crippen molar-refractivity contribution in [3.05, 3.63) is 48.6 Å². The molecule has 0 aliphatic heterocycles. The van der Waals surface area contributed by atoms with E-state index in [-0.39, 0.29) is 32.0 Å². The largest absolute Gasteiger partial charge is 0.756 e. The first-order valence-corrected chi connectivity index (χ1v) is 31.3. The zero-order chi connectivity index (χ0) is 52.0. The van der Waals surface area contributed by atoms with Gasteiger partial charge in [-0.2, -0.15) is 0 Å². The monoisotopic (exact) mass is 1020 g/mol. The number of phosphoric ester groups is 1. The standard InChI is InChI=1S/C61H114NO8P/c1-6-8-10-12-14-16-18-20-22-24-26-27-28-29-30-31-32-33-34-35-36-38-40-42-44-46-48-50-52-54-61(64)70-59(58-69-71(65,66)68-56-55-62(3,4)5)57-67-60(63)53-51-49-47-45-43-41-39-37-25-23-21-19-17-15-13-11-9-7-2/h8,10,14,16,20,22,26-27,59H,6-7,9,11-13,15,17-19,21,23-25,28-58H2,1-5H3/b10-8-,16-14-,22-20-,27-26-. The lowest BCUT2D eigenvalue weighted by molar-refractivity contribution is -0.870. The van der Waals surface area contributed by atoms with Crippen molar-refractivity contribution in [3.63, 3.8) is 0 Å². The van der Waals surface area contributed by atoms with Crippen LogP contribution in [0.5, 0.6) is 0 Å². The normalized spacial score (nSPS) is 13.6. The van der Waals surface area contributed by atoms with E-state index in [9.17, 15) is 19.0 Å². The van der Waals surface area contributed by atoms with Crippen molar-refractivity contribution in [3.8, 4) is 0 Å². The SMILES string of the molecule is CC/C=C\C/C=C\C/C=C\C/C=C\CCCCCCCCCCCCCCCCCCC(=O)OC(COC(=O)CCCCCCCCCCCCCCCCCCCC)COP(=O)([O-])OCC[N+](C)(C)C. The number of nitrogens with zero attached hydrogens (tertiary/aromatic N) is 1. The molecule has 0 bridgehead atoms. The molecule has 10 heteroatoms. The van der Waals surface area contributed by atoms with Crippen LogP contribution in [-0.4, -0.2) is 70.0 Å². The molecular weight excluding hydrogens is 906 g/mol. The topological polar surface area (TPSA) is 111 Å². The van der Waals surface area contributed by atoms with Crippen molar-refractivity contribution in [2.75, 3.05) is 47.5 Å². The Balaban J connectivity index is 4.08. The van der Waals surface area contributed by atoms with Crippen LogP contribution in [0.15, 0.2) is 48.6 Å². The van der Waals surface area contributed by atoms with E-state index >= 15 is 0 Å². The average molecular weight is 1020 g/mol. The summed E-state index contributed by atoms with van der Waals surface area (Å²) >= 11 is 0. The van der Waals surface area contributed by atoms with Gasteiger partial charge in [0.05, 0.1) is 27.7 Å². The molecule has 0 radical (unpaired) electrons. The molecule has 2 atom stereocenters. The van der Waals surface area contributed by atoms with Crippen LogP contribution in [0.3, 0.4) is 0 Å². The maximum absolute atomic E-state index is 12.8. The summed E-state index contributed by atoms with van der Waals surface area (Å²) in [6, 6.07) is 0. The second-order valence-electron chi connectivity index (χ2n) is 21.3. The summed E-state index contributed by atoms with van der Waals surface area (Å²) < 4.78 is 34.2.